The largest absolute Gasteiger partial charge is 0.418 e. The molecule has 0 aromatic heterocycles. The van der Waals surface area contributed by atoms with Gasteiger partial charge in [0.1, 0.15) is 6.04 Å². The van der Waals surface area contributed by atoms with Crippen LogP contribution in [0.5, 0.6) is 0 Å². The van der Waals surface area contributed by atoms with E-state index in [2.05, 4.69) is 20.0 Å². The van der Waals surface area contributed by atoms with E-state index in [0.717, 1.165) is 31.1 Å². The molecule has 29 heavy (non-hydrogen) atoms. The molecule has 0 radical (unpaired) electrons. The molecule has 12 nitrogen and oxygen atoms in total. The first-order valence-corrected chi connectivity index (χ1v) is 12.1. The van der Waals surface area contributed by atoms with Crippen molar-refractivity contribution in [2.75, 3.05) is 37.9 Å². The van der Waals surface area contributed by atoms with Crippen LogP contribution in [0.2, 0.25) is 0 Å². The molecule has 3 amide bonds. The number of nitrogens with one attached hydrogen (secondary N) is 2. The van der Waals surface area contributed by atoms with Crippen molar-refractivity contribution >= 4 is 34.1 Å². The van der Waals surface area contributed by atoms with E-state index in [1.54, 1.807) is 0 Å². The lowest BCUT2D eigenvalue weighted by Crippen LogP contribution is -2.50. The second-order valence-corrected chi connectivity index (χ2v) is 9.71. The lowest BCUT2D eigenvalue weighted by atomic mass is 10.0. The predicted molar refractivity (Wildman–Crippen MR) is 102 cm³/mol. The Morgan fingerprint density at radius 1 is 1.34 bits per heavy atom. The second-order valence-electron chi connectivity index (χ2n) is 7.63. The molecule has 4 saturated heterocycles. The lowest BCUT2D eigenvalue weighted by molar-refractivity contribution is -0.139. The molecule has 0 unspecified atom stereocenters. The first-order chi connectivity index (χ1) is 13.8. The van der Waals surface area contributed by atoms with Crippen LogP contribution < -0.4 is 10.8 Å². The fourth-order valence-electron chi connectivity index (χ4n) is 4.30. The van der Waals surface area contributed by atoms with Crippen molar-refractivity contribution in [3.05, 3.63) is 0 Å². The van der Waals surface area contributed by atoms with Crippen molar-refractivity contribution in [1.82, 2.24) is 25.7 Å². The molecule has 14 heteroatoms. The third kappa shape index (κ3) is 4.78. The summed E-state index contributed by atoms with van der Waals surface area (Å²) in [5.74, 6) is 1.76. The van der Waals surface area contributed by atoms with Crippen LogP contribution in [0.3, 0.4) is 0 Å². The molecule has 2 bridgehead atoms. The number of hydrogen-bond donors (Lipinski definition) is 3. The Hall–Kier alpha value is -1.16. The quantitative estimate of drug-likeness (QED) is 0.318. The molecule has 4 atom stereocenters. The lowest BCUT2D eigenvalue weighted by Gasteiger charge is -2.29. The molecule has 4 aliphatic rings. The van der Waals surface area contributed by atoms with Gasteiger partial charge in [-0.05, 0) is 19.3 Å². The summed E-state index contributed by atoms with van der Waals surface area (Å²) >= 11 is 1.93. The predicted octanol–water partition coefficient (Wildman–Crippen LogP) is -1.23. The highest BCUT2D eigenvalue weighted by molar-refractivity contribution is 7.99. The minimum atomic E-state index is -4.81. The average molecular weight is 452 g/mol. The highest BCUT2D eigenvalue weighted by Crippen LogP contribution is 2.30. The van der Waals surface area contributed by atoms with Crippen molar-refractivity contribution in [1.29, 1.82) is 0 Å². The van der Waals surface area contributed by atoms with Gasteiger partial charge in [0.25, 0.3) is 5.91 Å². The minimum Gasteiger partial charge on any atom is -0.310 e. The normalized spacial score (nSPS) is 32.9. The summed E-state index contributed by atoms with van der Waals surface area (Å²) in [6.45, 7) is 2.47. The van der Waals surface area contributed by atoms with Gasteiger partial charge in [-0.25, -0.2) is 10.3 Å². The number of hydroxylamine groups is 3. The number of fused-ring (bicyclic) bond motifs is 2. The van der Waals surface area contributed by atoms with Crippen LogP contribution in [-0.2, 0) is 24.3 Å². The third-order valence-corrected chi connectivity index (χ3v) is 7.09. The molecule has 4 fully saturated rings. The van der Waals surface area contributed by atoms with Crippen LogP contribution in [0.25, 0.3) is 0 Å². The Morgan fingerprint density at radius 2 is 2.17 bits per heavy atom. The molecule has 0 aliphatic carbocycles. The number of carbonyl (C=O) groups is 2. The molecule has 0 aromatic rings. The van der Waals surface area contributed by atoms with Crippen molar-refractivity contribution in [3.8, 4) is 0 Å². The van der Waals surface area contributed by atoms with Crippen LogP contribution >= 0.6 is 11.8 Å². The smallest absolute Gasteiger partial charge is 0.310 e. The van der Waals surface area contributed by atoms with Gasteiger partial charge in [0.05, 0.1) is 12.6 Å². The summed E-state index contributed by atoms with van der Waals surface area (Å²) < 4.78 is 35.0. The van der Waals surface area contributed by atoms with E-state index in [0.29, 0.717) is 30.6 Å². The molecule has 0 spiro atoms. The molecule has 4 aliphatic heterocycles. The highest BCUT2D eigenvalue weighted by Gasteiger charge is 2.49. The van der Waals surface area contributed by atoms with E-state index in [1.807, 2.05) is 11.8 Å². The Morgan fingerprint density at radius 3 is 2.90 bits per heavy atom. The van der Waals surface area contributed by atoms with Gasteiger partial charge in [0.15, 0.2) is 0 Å². The fourth-order valence-corrected chi connectivity index (χ4v) is 5.76. The van der Waals surface area contributed by atoms with Gasteiger partial charge in [0, 0.05) is 43.3 Å². The summed E-state index contributed by atoms with van der Waals surface area (Å²) in [5, 5.41) is 4.02. The Bertz CT molecular complexity index is 747. The zero-order valence-electron chi connectivity index (χ0n) is 15.7. The number of hydrogen-bond acceptors (Lipinski definition) is 9. The first kappa shape index (κ1) is 21.1. The minimum absolute atomic E-state index is 0.145. The SMILES string of the molecule is O=C(NOC[C@H]1C[C@H](N2CCSC2)CN1)[C@@H]1CC[C@@H]2CN1C(=O)N2OS(=O)(=O)O. The highest BCUT2D eigenvalue weighted by atomic mass is 32.3. The topological polar surface area (TPSA) is 141 Å². The molecular formula is C15H25N5O7S2. The molecule has 4 heterocycles. The zero-order chi connectivity index (χ0) is 20.6. The van der Waals surface area contributed by atoms with E-state index in [9.17, 15) is 18.0 Å². The third-order valence-electron chi connectivity index (χ3n) is 5.75. The van der Waals surface area contributed by atoms with Crippen LogP contribution in [-0.4, -0.2) is 102 Å². The van der Waals surface area contributed by atoms with Crippen LogP contribution in [0, 0.1) is 0 Å². The van der Waals surface area contributed by atoms with Crippen molar-refractivity contribution in [2.24, 2.45) is 0 Å². The zero-order valence-corrected chi connectivity index (χ0v) is 17.4. The van der Waals surface area contributed by atoms with Gasteiger partial charge in [-0.15, -0.1) is 16.0 Å². The number of urea groups is 1. The number of nitrogens with zero attached hydrogens (tertiary/aromatic N) is 3. The number of amides is 3. The maximum Gasteiger partial charge on any atom is 0.418 e. The molecule has 0 aromatic carbocycles. The van der Waals surface area contributed by atoms with Crippen molar-refractivity contribution in [2.45, 2.75) is 43.4 Å². The van der Waals surface area contributed by atoms with Crippen molar-refractivity contribution < 1.29 is 31.7 Å². The van der Waals surface area contributed by atoms with E-state index >= 15 is 0 Å². The van der Waals surface area contributed by atoms with Gasteiger partial charge in [-0.2, -0.15) is 13.5 Å². The first-order valence-electron chi connectivity index (χ1n) is 9.55. The molecule has 3 N–H and O–H groups in total. The Balaban J connectivity index is 1.23. The average Bonchev–Trinajstić information content (AvgIpc) is 3.39. The van der Waals surface area contributed by atoms with Crippen LogP contribution in [0.1, 0.15) is 19.3 Å². The number of carbonyl (C=O) groups excluding carboxylic acids is 2. The molecule has 164 valence electrons. The molecular weight excluding hydrogens is 426 g/mol. The molecule has 0 saturated carbocycles. The summed E-state index contributed by atoms with van der Waals surface area (Å²) in [7, 11) is -4.81. The maximum atomic E-state index is 12.5. The number of piperidine rings is 1. The van der Waals surface area contributed by atoms with E-state index in [-0.39, 0.29) is 12.6 Å². The second kappa shape index (κ2) is 8.53. The van der Waals surface area contributed by atoms with Gasteiger partial charge >= 0.3 is 16.4 Å². The van der Waals surface area contributed by atoms with Gasteiger partial charge in [-0.1, -0.05) is 0 Å². The van der Waals surface area contributed by atoms with Gasteiger partial charge in [0.2, 0.25) is 0 Å². The van der Waals surface area contributed by atoms with Gasteiger partial charge in [-0.3, -0.25) is 19.1 Å². The van der Waals surface area contributed by atoms with Crippen LogP contribution in [0.4, 0.5) is 4.79 Å². The van der Waals surface area contributed by atoms with E-state index < -0.39 is 34.4 Å². The maximum absolute atomic E-state index is 12.5. The summed E-state index contributed by atoms with van der Waals surface area (Å²) in [6, 6.07) is -1.44. The summed E-state index contributed by atoms with van der Waals surface area (Å²) in [5.41, 5.74) is 2.41. The van der Waals surface area contributed by atoms with E-state index in [1.165, 1.54) is 4.90 Å². The fraction of sp³-hybridized carbons (Fsp3) is 0.867. The monoisotopic (exact) mass is 451 g/mol. The summed E-state index contributed by atoms with van der Waals surface area (Å²) in [4.78, 5) is 33.9. The number of rotatable bonds is 7. The standard InChI is InChI=1S/C15H25N5O7S2/c21-14(17-26-8-10-5-12(6-16-10)18-3-4-28-9-18)13-2-1-11-7-19(13)15(22)20(11)27-29(23,24)25/h10-13,16H,1-9H2,(H,17,21)(H,23,24,25)/t10-,11-,12+,13+/m1/s1. The van der Waals surface area contributed by atoms with Crippen molar-refractivity contribution in [3.63, 3.8) is 0 Å². The van der Waals surface area contributed by atoms with E-state index in [4.69, 9.17) is 9.39 Å². The number of thioether (sulfide) groups is 1. The Labute approximate surface area is 173 Å². The summed E-state index contributed by atoms with van der Waals surface area (Å²) in [6.07, 6.45) is 1.66. The Kier molecular flexibility index (Phi) is 6.20. The van der Waals surface area contributed by atoms with Crippen LogP contribution in [0.15, 0.2) is 0 Å². The van der Waals surface area contributed by atoms with Gasteiger partial charge < -0.3 is 10.2 Å². The molecule has 4 rings (SSSR count).